The van der Waals surface area contributed by atoms with Gasteiger partial charge in [0, 0.05) is 0 Å². The van der Waals surface area contributed by atoms with E-state index in [9.17, 15) is 10.2 Å². The normalized spacial score (nSPS) is 13.0. The second-order valence-electron chi connectivity index (χ2n) is 10.2. The third-order valence-corrected chi connectivity index (χ3v) is 8.16. The molecule has 6 aromatic carbocycles. The second kappa shape index (κ2) is 10.3. The summed E-state index contributed by atoms with van der Waals surface area (Å²) in [6.45, 7) is -0.755. The summed E-state index contributed by atoms with van der Waals surface area (Å²) < 4.78 is 10.7. The lowest BCUT2D eigenvalue weighted by Gasteiger charge is -2.34. The van der Waals surface area contributed by atoms with Crippen molar-refractivity contribution in [2.45, 2.75) is 5.41 Å². The molecule has 2 N–H and O–H groups in total. The largest absolute Gasteiger partial charge is 0.468 e. The fourth-order valence-electron chi connectivity index (χ4n) is 6.37. The first-order valence-electron chi connectivity index (χ1n) is 13.6. The van der Waals surface area contributed by atoms with Crippen molar-refractivity contribution in [3.05, 3.63) is 156 Å². The molecule has 0 bridgehead atoms. The molecule has 0 saturated heterocycles. The molecule has 0 heterocycles. The summed E-state index contributed by atoms with van der Waals surface area (Å²) in [5, 5.41) is 21.0. The van der Waals surface area contributed by atoms with Crippen molar-refractivity contribution in [3.63, 3.8) is 0 Å². The minimum atomic E-state index is -0.617. The molecule has 0 amide bonds. The van der Waals surface area contributed by atoms with Crippen LogP contribution >= 0.6 is 0 Å². The molecule has 200 valence electrons. The van der Waals surface area contributed by atoms with Crippen molar-refractivity contribution < 1.29 is 19.7 Å². The molecular weight excluding hydrogens is 508 g/mol. The van der Waals surface area contributed by atoms with E-state index in [0.29, 0.717) is 11.5 Å². The first-order chi connectivity index (χ1) is 20.2. The van der Waals surface area contributed by atoms with Gasteiger partial charge in [0.05, 0.1) is 5.41 Å². The SMILES string of the molecule is OCOc1ccc(C2(c3ccc(OCO)cc3)c3ccccc3-c3ccc(-c4ccc5ccccc5c4)cc32)cc1. The van der Waals surface area contributed by atoms with Crippen LogP contribution < -0.4 is 9.47 Å². The lowest BCUT2D eigenvalue weighted by Crippen LogP contribution is -2.28. The van der Waals surface area contributed by atoms with Crippen LogP contribution in [0.15, 0.2) is 133 Å². The number of aliphatic hydroxyl groups excluding tert-OH is 2. The Morgan fingerprint density at radius 1 is 0.463 bits per heavy atom. The molecule has 6 aromatic rings. The third kappa shape index (κ3) is 4.08. The molecule has 4 heteroatoms. The topological polar surface area (TPSA) is 58.9 Å². The second-order valence-corrected chi connectivity index (χ2v) is 10.2. The number of aliphatic hydroxyl groups is 2. The van der Waals surface area contributed by atoms with Crippen LogP contribution in [0.2, 0.25) is 0 Å². The van der Waals surface area contributed by atoms with Crippen LogP contribution in [-0.4, -0.2) is 23.8 Å². The van der Waals surface area contributed by atoms with E-state index in [1.807, 2.05) is 24.3 Å². The summed E-state index contributed by atoms with van der Waals surface area (Å²) in [6, 6.07) is 46.4. The van der Waals surface area contributed by atoms with Gasteiger partial charge in [0.1, 0.15) is 11.5 Å². The van der Waals surface area contributed by atoms with Gasteiger partial charge in [-0.05, 0) is 91.7 Å². The van der Waals surface area contributed by atoms with E-state index < -0.39 is 5.41 Å². The van der Waals surface area contributed by atoms with Gasteiger partial charge < -0.3 is 19.7 Å². The number of benzene rings is 6. The van der Waals surface area contributed by atoms with Crippen molar-refractivity contribution in [1.82, 2.24) is 0 Å². The van der Waals surface area contributed by atoms with Gasteiger partial charge in [-0.1, -0.05) is 97.1 Å². The molecule has 0 radical (unpaired) electrons. The highest BCUT2D eigenvalue weighted by Crippen LogP contribution is 2.57. The zero-order chi connectivity index (χ0) is 27.8. The van der Waals surface area contributed by atoms with Crippen LogP contribution in [-0.2, 0) is 5.41 Å². The average molecular weight is 537 g/mol. The number of ether oxygens (including phenoxy) is 2. The quantitative estimate of drug-likeness (QED) is 0.207. The molecule has 0 spiro atoms. The van der Waals surface area contributed by atoms with E-state index in [0.717, 1.165) is 22.3 Å². The summed E-state index contributed by atoms with van der Waals surface area (Å²) >= 11 is 0. The Morgan fingerprint density at radius 3 is 1.66 bits per heavy atom. The Morgan fingerprint density at radius 2 is 1.00 bits per heavy atom. The average Bonchev–Trinajstić information content (AvgIpc) is 3.32. The van der Waals surface area contributed by atoms with E-state index in [1.165, 1.54) is 33.0 Å². The maximum Gasteiger partial charge on any atom is 0.186 e. The molecule has 41 heavy (non-hydrogen) atoms. The van der Waals surface area contributed by atoms with Crippen LogP contribution in [0.25, 0.3) is 33.0 Å². The smallest absolute Gasteiger partial charge is 0.186 e. The fourth-order valence-corrected chi connectivity index (χ4v) is 6.37. The molecule has 1 aliphatic rings. The zero-order valence-electron chi connectivity index (χ0n) is 22.3. The van der Waals surface area contributed by atoms with E-state index in [-0.39, 0.29) is 13.6 Å². The van der Waals surface area contributed by atoms with Crippen LogP contribution in [0.1, 0.15) is 22.3 Å². The Balaban J connectivity index is 1.50. The van der Waals surface area contributed by atoms with Crippen molar-refractivity contribution >= 4 is 10.8 Å². The highest BCUT2D eigenvalue weighted by atomic mass is 16.6. The van der Waals surface area contributed by atoms with E-state index in [1.54, 1.807) is 0 Å². The number of rotatable bonds is 7. The standard InChI is InChI=1S/C37H28O4/c38-23-40-31-16-12-29(13-17-31)37(30-14-18-32(19-15-30)41-24-39)35-8-4-3-7-33(35)34-20-11-28(22-36(34)37)27-10-9-25-5-1-2-6-26(25)21-27/h1-22,38-39H,23-24H2. The zero-order valence-corrected chi connectivity index (χ0v) is 22.3. The molecule has 0 saturated carbocycles. The minimum Gasteiger partial charge on any atom is -0.468 e. The summed E-state index contributed by atoms with van der Waals surface area (Å²) in [4.78, 5) is 0. The first kappa shape index (κ1) is 25.1. The van der Waals surface area contributed by atoms with Crippen LogP contribution in [0.5, 0.6) is 11.5 Å². The summed E-state index contributed by atoms with van der Waals surface area (Å²) in [7, 11) is 0. The molecule has 1 aliphatic carbocycles. The van der Waals surface area contributed by atoms with Gasteiger partial charge in [0.15, 0.2) is 13.6 Å². The minimum absolute atomic E-state index is 0.377. The summed E-state index contributed by atoms with van der Waals surface area (Å²) in [5.74, 6) is 1.21. The van der Waals surface area contributed by atoms with Gasteiger partial charge in [-0.25, -0.2) is 0 Å². The number of hydrogen-bond donors (Lipinski definition) is 2. The summed E-state index contributed by atoms with van der Waals surface area (Å²) in [5.41, 5.74) is 8.63. The maximum atomic E-state index is 9.31. The lowest BCUT2D eigenvalue weighted by atomic mass is 9.67. The predicted molar refractivity (Wildman–Crippen MR) is 162 cm³/mol. The van der Waals surface area contributed by atoms with Gasteiger partial charge in [-0.2, -0.15) is 0 Å². The van der Waals surface area contributed by atoms with Crippen molar-refractivity contribution in [3.8, 4) is 33.8 Å². The van der Waals surface area contributed by atoms with Crippen LogP contribution in [0, 0.1) is 0 Å². The molecule has 0 atom stereocenters. The summed E-state index contributed by atoms with van der Waals surface area (Å²) in [6.07, 6.45) is 0. The van der Waals surface area contributed by atoms with E-state index in [4.69, 9.17) is 9.47 Å². The van der Waals surface area contributed by atoms with Crippen molar-refractivity contribution in [2.75, 3.05) is 13.6 Å². The Bertz CT molecular complexity index is 1810. The number of fused-ring (bicyclic) bond motifs is 4. The van der Waals surface area contributed by atoms with Crippen LogP contribution in [0.3, 0.4) is 0 Å². The molecule has 0 unspecified atom stereocenters. The highest BCUT2D eigenvalue weighted by Gasteiger charge is 2.46. The monoisotopic (exact) mass is 536 g/mol. The predicted octanol–water partition coefficient (Wildman–Crippen LogP) is 7.53. The Kier molecular flexibility index (Phi) is 6.27. The van der Waals surface area contributed by atoms with Crippen molar-refractivity contribution in [1.29, 1.82) is 0 Å². The molecular formula is C37H28O4. The van der Waals surface area contributed by atoms with Gasteiger partial charge >= 0.3 is 0 Å². The molecule has 0 aromatic heterocycles. The van der Waals surface area contributed by atoms with E-state index in [2.05, 4.69) is 109 Å². The van der Waals surface area contributed by atoms with Crippen molar-refractivity contribution in [2.24, 2.45) is 0 Å². The number of hydrogen-bond acceptors (Lipinski definition) is 4. The van der Waals surface area contributed by atoms with Crippen LogP contribution in [0.4, 0.5) is 0 Å². The third-order valence-electron chi connectivity index (χ3n) is 8.16. The first-order valence-corrected chi connectivity index (χ1v) is 13.6. The molecule has 0 fully saturated rings. The Hall–Kier alpha value is -4.90. The lowest BCUT2D eigenvalue weighted by molar-refractivity contribution is 0.0981. The maximum absolute atomic E-state index is 9.31. The van der Waals surface area contributed by atoms with Gasteiger partial charge in [0.2, 0.25) is 0 Å². The fraction of sp³-hybridized carbons (Fsp3) is 0.0811. The van der Waals surface area contributed by atoms with E-state index >= 15 is 0 Å². The van der Waals surface area contributed by atoms with Gasteiger partial charge in [-0.3, -0.25) is 0 Å². The molecule has 0 aliphatic heterocycles. The molecule has 4 nitrogen and oxygen atoms in total. The highest BCUT2D eigenvalue weighted by molar-refractivity contribution is 5.91. The van der Waals surface area contributed by atoms with Gasteiger partial charge in [0.25, 0.3) is 0 Å². The van der Waals surface area contributed by atoms with Gasteiger partial charge in [-0.15, -0.1) is 0 Å². The molecule has 7 rings (SSSR count). The Labute approximate surface area is 238 Å².